The average molecular weight is 411 g/mol. The minimum Gasteiger partial charge on any atom is -0.368 e. The molecular formula is C21H25N5O4. The smallest absolute Gasteiger partial charge is 0.332 e. The van der Waals surface area contributed by atoms with Gasteiger partial charge in [0.15, 0.2) is 17.5 Å². The van der Waals surface area contributed by atoms with E-state index in [2.05, 4.69) is 16.0 Å². The number of aliphatic hydroxyl groups excluding tert-OH is 1. The van der Waals surface area contributed by atoms with E-state index >= 15 is 0 Å². The van der Waals surface area contributed by atoms with Gasteiger partial charge in [-0.25, -0.2) is 9.78 Å². The molecule has 0 fully saturated rings. The third-order valence-corrected chi connectivity index (χ3v) is 5.33. The summed E-state index contributed by atoms with van der Waals surface area (Å²) < 4.78 is 9.34. The van der Waals surface area contributed by atoms with Crippen molar-refractivity contribution in [3.63, 3.8) is 0 Å². The van der Waals surface area contributed by atoms with Crippen molar-refractivity contribution in [2.24, 2.45) is 14.1 Å². The van der Waals surface area contributed by atoms with E-state index in [1.54, 1.807) is 25.6 Å². The number of nitrogens with one attached hydrogen (secondary N) is 1. The van der Waals surface area contributed by atoms with Crippen LogP contribution in [0.1, 0.15) is 24.0 Å². The van der Waals surface area contributed by atoms with E-state index in [1.165, 1.54) is 9.13 Å². The summed E-state index contributed by atoms with van der Waals surface area (Å²) in [7, 11) is 3.29. The zero-order valence-corrected chi connectivity index (χ0v) is 17.5. The van der Waals surface area contributed by atoms with Gasteiger partial charge in [0.2, 0.25) is 0 Å². The van der Waals surface area contributed by atoms with E-state index < -0.39 is 17.5 Å². The highest BCUT2D eigenvalue weighted by atomic mass is 16.6. The third kappa shape index (κ3) is 3.35. The van der Waals surface area contributed by atoms with Gasteiger partial charge < -0.3 is 19.4 Å². The quantitative estimate of drug-likeness (QED) is 0.463. The van der Waals surface area contributed by atoms with Crippen LogP contribution in [0.5, 0.6) is 0 Å². The molecule has 0 spiro atoms. The number of rotatable bonds is 6. The van der Waals surface area contributed by atoms with Gasteiger partial charge in [0, 0.05) is 31.9 Å². The van der Waals surface area contributed by atoms with Crippen molar-refractivity contribution in [1.82, 2.24) is 23.7 Å². The summed E-state index contributed by atoms with van der Waals surface area (Å²) in [6, 6.07) is 7.99. The largest absolute Gasteiger partial charge is 0.368 e. The summed E-state index contributed by atoms with van der Waals surface area (Å²) >= 11 is 0. The lowest BCUT2D eigenvalue weighted by molar-refractivity contribution is -0.0940. The van der Waals surface area contributed by atoms with Crippen LogP contribution in [0, 0.1) is 6.92 Å². The van der Waals surface area contributed by atoms with Crippen molar-refractivity contribution in [2.45, 2.75) is 33.1 Å². The Bertz CT molecular complexity index is 1360. The molecule has 4 aromatic rings. The molecule has 0 aliphatic rings. The van der Waals surface area contributed by atoms with Gasteiger partial charge in [0.1, 0.15) is 5.82 Å². The van der Waals surface area contributed by atoms with Crippen LogP contribution in [0.2, 0.25) is 0 Å². The number of hydrogen-bond donors (Lipinski definition) is 2. The van der Waals surface area contributed by atoms with E-state index in [4.69, 9.17) is 4.74 Å². The molecule has 4 rings (SSSR count). The van der Waals surface area contributed by atoms with E-state index in [0.717, 1.165) is 22.2 Å². The molecule has 30 heavy (non-hydrogen) atoms. The van der Waals surface area contributed by atoms with Crippen LogP contribution in [0.25, 0.3) is 22.1 Å². The second-order valence-electron chi connectivity index (χ2n) is 7.49. The van der Waals surface area contributed by atoms with Gasteiger partial charge in [-0.1, -0.05) is 11.6 Å². The van der Waals surface area contributed by atoms with Crippen LogP contribution < -0.4 is 11.2 Å². The Morgan fingerprint density at radius 1 is 1.20 bits per heavy atom. The molecule has 3 heterocycles. The van der Waals surface area contributed by atoms with Crippen LogP contribution in [-0.4, -0.2) is 41.7 Å². The topological polar surface area (TPSA) is 107 Å². The van der Waals surface area contributed by atoms with Crippen LogP contribution in [-0.2, 0) is 31.8 Å². The molecule has 158 valence electrons. The summed E-state index contributed by atoms with van der Waals surface area (Å²) in [6.45, 7) is 4.28. The van der Waals surface area contributed by atoms with E-state index in [0.29, 0.717) is 17.9 Å². The molecule has 0 aliphatic heterocycles. The summed E-state index contributed by atoms with van der Waals surface area (Å²) in [4.78, 5) is 33.8. The summed E-state index contributed by atoms with van der Waals surface area (Å²) in [6.07, 6.45) is -0.909. The molecule has 0 aliphatic carbocycles. The van der Waals surface area contributed by atoms with Crippen molar-refractivity contribution in [3.05, 3.63) is 62.2 Å². The maximum Gasteiger partial charge on any atom is 0.332 e. The minimum atomic E-state index is -1.03. The Kier molecular flexibility index (Phi) is 5.08. The highest BCUT2D eigenvalue weighted by Crippen LogP contribution is 2.17. The first-order chi connectivity index (χ1) is 14.3. The Morgan fingerprint density at radius 3 is 2.70 bits per heavy atom. The first-order valence-corrected chi connectivity index (χ1v) is 9.83. The number of aryl methyl sites for hydroxylation is 3. The Labute approximate surface area is 172 Å². The molecule has 3 aromatic heterocycles. The van der Waals surface area contributed by atoms with Gasteiger partial charge in [-0.2, -0.15) is 0 Å². The van der Waals surface area contributed by atoms with Crippen molar-refractivity contribution in [3.8, 4) is 0 Å². The third-order valence-electron chi connectivity index (χ3n) is 5.33. The molecule has 1 aromatic carbocycles. The fraction of sp³-hybridized carbons (Fsp3) is 0.381. The van der Waals surface area contributed by atoms with E-state index in [9.17, 15) is 14.7 Å². The molecule has 0 bridgehead atoms. The van der Waals surface area contributed by atoms with Crippen molar-refractivity contribution in [1.29, 1.82) is 0 Å². The summed E-state index contributed by atoms with van der Waals surface area (Å²) in [5.74, 6) is 0.469. The number of aromatic amines is 1. The summed E-state index contributed by atoms with van der Waals surface area (Å²) in [5.41, 5.74) is 2.58. The number of fused-ring (bicyclic) bond motifs is 2. The number of H-pyrrole nitrogens is 1. The zero-order valence-electron chi connectivity index (χ0n) is 17.5. The number of ether oxygens (including phenoxy) is 1. The molecule has 2 N–H and O–H groups in total. The predicted molar refractivity (Wildman–Crippen MR) is 114 cm³/mol. The van der Waals surface area contributed by atoms with Gasteiger partial charge in [-0.15, -0.1) is 0 Å². The lowest BCUT2D eigenvalue weighted by atomic mass is 10.2. The SMILES string of the molecule is CCOC(O)Cc1nc2c(c(=O)n(Cc3cc4cc(C)ccc4[nH]3)c(=O)n2C)n1C. The Balaban J connectivity index is 1.81. The van der Waals surface area contributed by atoms with Gasteiger partial charge in [-0.3, -0.25) is 13.9 Å². The van der Waals surface area contributed by atoms with Crippen LogP contribution >= 0.6 is 0 Å². The average Bonchev–Trinajstić information content (AvgIpc) is 3.24. The molecule has 1 unspecified atom stereocenters. The van der Waals surface area contributed by atoms with E-state index in [-0.39, 0.29) is 18.6 Å². The van der Waals surface area contributed by atoms with Crippen LogP contribution in [0.3, 0.4) is 0 Å². The molecule has 0 radical (unpaired) electrons. The molecule has 1 atom stereocenters. The zero-order chi connectivity index (χ0) is 21.6. The predicted octanol–water partition coefficient (Wildman–Crippen LogP) is 1.17. The highest BCUT2D eigenvalue weighted by molar-refractivity contribution is 5.81. The fourth-order valence-electron chi connectivity index (χ4n) is 3.79. The Morgan fingerprint density at radius 2 is 1.97 bits per heavy atom. The first kappa shape index (κ1) is 20.1. The van der Waals surface area contributed by atoms with Gasteiger partial charge >= 0.3 is 5.69 Å². The summed E-state index contributed by atoms with van der Waals surface area (Å²) in [5, 5.41) is 11.0. The lowest BCUT2D eigenvalue weighted by Gasteiger charge is -2.10. The second kappa shape index (κ2) is 7.58. The highest BCUT2D eigenvalue weighted by Gasteiger charge is 2.20. The van der Waals surface area contributed by atoms with Crippen molar-refractivity contribution < 1.29 is 9.84 Å². The lowest BCUT2D eigenvalue weighted by Crippen LogP contribution is -2.39. The standard InChI is InChI=1S/C21H25N5O4/c1-5-30-17(27)10-16-23-19-18(24(16)3)20(28)26(21(29)25(19)4)11-14-9-13-8-12(2)6-7-15(13)22-14/h6-9,17,22,27H,5,10-11H2,1-4H3. The molecule has 9 nitrogen and oxygen atoms in total. The fourth-order valence-corrected chi connectivity index (χ4v) is 3.79. The number of aliphatic hydroxyl groups is 1. The minimum absolute atomic E-state index is 0.119. The first-order valence-electron chi connectivity index (χ1n) is 9.83. The van der Waals surface area contributed by atoms with E-state index in [1.807, 2.05) is 25.1 Å². The molecular weight excluding hydrogens is 386 g/mol. The monoisotopic (exact) mass is 411 g/mol. The second-order valence-corrected chi connectivity index (χ2v) is 7.49. The maximum atomic E-state index is 13.2. The van der Waals surface area contributed by atoms with Gasteiger partial charge in [0.25, 0.3) is 5.56 Å². The van der Waals surface area contributed by atoms with Crippen molar-refractivity contribution in [2.75, 3.05) is 6.61 Å². The Hall–Kier alpha value is -3.17. The van der Waals surface area contributed by atoms with Crippen LogP contribution in [0.4, 0.5) is 0 Å². The number of aromatic nitrogens is 5. The molecule has 0 saturated heterocycles. The molecule has 9 heteroatoms. The number of hydrogen-bond acceptors (Lipinski definition) is 5. The maximum absolute atomic E-state index is 13.2. The van der Waals surface area contributed by atoms with Crippen LogP contribution in [0.15, 0.2) is 33.9 Å². The van der Waals surface area contributed by atoms with Gasteiger partial charge in [-0.05, 0) is 37.4 Å². The van der Waals surface area contributed by atoms with Crippen molar-refractivity contribution >= 4 is 22.1 Å². The normalized spacial score (nSPS) is 12.8. The number of imidazole rings is 1. The number of benzene rings is 1. The number of nitrogens with zero attached hydrogens (tertiary/aromatic N) is 4. The van der Waals surface area contributed by atoms with Gasteiger partial charge in [0.05, 0.1) is 13.0 Å². The molecule has 0 saturated carbocycles. The molecule has 0 amide bonds.